The zero-order valence-corrected chi connectivity index (χ0v) is 9.20. The van der Waals surface area contributed by atoms with Crippen LogP contribution in [0.1, 0.15) is 25.0 Å². The average molecular weight is 207 g/mol. The molecule has 0 aliphatic carbocycles. The number of benzene rings is 1. The largest absolute Gasteiger partial charge is 0.504 e. The van der Waals surface area contributed by atoms with E-state index in [0.717, 1.165) is 30.6 Å². The van der Waals surface area contributed by atoms with Crippen molar-refractivity contribution in [3.8, 4) is 11.5 Å². The predicted molar refractivity (Wildman–Crippen MR) is 59.0 cm³/mol. The highest BCUT2D eigenvalue weighted by Crippen LogP contribution is 2.31. The van der Waals surface area contributed by atoms with Gasteiger partial charge < -0.3 is 10.2 Å². The number of fused-ring (bicyclic) bond motifs is 1. The average Bonchev–Trinajstić information content (AvgIpc) is 2.19. The van der Waals surface area contributed by atoms with Crippen molar-refractivity contribution >= 4 is 0 Å². The van der Waals surface area contributed by atoms with Crippen LogP contribution in [0.3, 0.4) is 0 Å². The van der Waals surface area contributed by atoms with Crippen LogP contribution in [0.4, 0.5) is 0 Å². The van der Waals surface area contributed by atoms with Crippen LogP contribution in [-0.4, -0.2) is 27.7 Å². The van der Waals surface area contributed by atoms with E-state index in [-0.39, 0.29) is 11.5 Å². The second-order valence-corrected chi connectivity index (χ2v) is 4.42. The molecule has 3 heteroatoms. The summed E-state index contributed by atoms with van der Waals surface area (Å²) in [7, 11) is 0. The smallest absolute Gasteiger partial charge is 0.157 e. The van der Waals surface area contributed by atoms with E-state index in [0.29, 0.717) is 6.04 Å². The summed E-state index contributed by atoms with van der Waals surface area (Å²) in [6, 6.07) is 3.88. The van der Waals surface area contributed by atoms with Crippen molar-refractivity contribution in [3.63, 3.8) is 0 Å². The molecule has 0 amide bonds. The lowest BCUT2D eigenvalue weighted by Crippen LogP contribution is -2.35. The van der Waals surface area contributed by atoms with E-state index in [1.54, 1.807) is 12.1 Å². The van der Waals surface area contributed by atoms with Gasteiger partial charge in [-0.05, 0) is 43.5 Å². The van der Waals surface area contributed by atoms with Crippen LogP contribution in [0.2, 0.25) is 0 Å². The molecule has 0 spiro atoms. The molecule has 0 bridgehead atoms. The van der Waals surface area contributed by atoms with Gasteiger partial charge in [0.2, 0.25) is 0 Å². The van der Waals surface area contributed by atoms with Crippen LogP contribution in [0.15, 0.2) is 12.1 Å². The van der Waals surface area contributed by atoms with E-state index in [1.165, 1.54) is 0 Å². The Balaban J connectivity index is 2.30. The van der Waals surface area contributed by atoms with Gasteiger partial charge in [0.1, 0.15) is 0 Å². The number of rotatable bonds is 1. The summed E-state index contributed by atoms with van der Waals surface area (Å²) in [6.07, 6.45) is 0.946. The second kappa shape index (κ2) is 3.74. The summed E-state index contributed by atoms with van der Waals surface area (Å²) in [4.78, 5) is 2.36. The lowest BCUT2D eigenvalue weighted by atomic mass is 9.98. The fourth-order valence-electron chi connectivity index (χ4n) is 2.05. The van der Waals surface area contributed by atoms with Crippen molar-refractivity contribution in [3.05, 3.63) is 23.3 Å². The lowest BCUT2D eigenvalue weighted by Gasteiger charge is -2.32. The van der Waals surface area contributed by atoms with Crippen molar-refractivity contribution in [1.82, 2.24) is 4.90 Å². The maximum Gasteiger partial charge on any atom is 0.157 e. The topological polar surface area (TPSA) is 43.7 Å². The third-order valence-electron chi connectivity index (χ3n) is 3.07. The van der Waals surface area contributed by atoms with E-state index in [2.05, 4.69) is 18.7 Å². The normalized spacial score (nSPS) is 16.7. The Morgan fingerprint density at radius 2 is 1.73 bits per heavy atom. The van der Waals surface area contributed by atoms with Gasteiger partial charge in [0, 0.05) is 19.1 Å². The van der Waals surface area contributed by atoms with Crippen molar-refractivity contribution in [2.24, 2.45) is 0 Å². The molecule has 1 heterocycles. The summed E-state index contributed by atoms with van der Waals surface area (Å²) in [5.74, 6) is -0.0221. The molecule has 15 heavy (non-hydrogen) atoms. The minimum Gasteiger partial charge on any atom is -0.504 e. The Bertz CT molecular complexity index is 374. The lowest BCUT2D eigenvalue weighted by molar-refractivity contribution is 0.203. The van der Waals surface area contributed by atoms with Crippen LogP contribution in [0.5, 0.6) is 11.5 Å². The first kappa shape index (κ1) is 10.3. The summed E-state index contributed by atoms with van der Waals surface area (Å²) < 4.78 is 0. The first-order valence-electron chi connectivity index (χ1n) is 5.35. The number of nitrogens with zero attached hydrogens (tertiary/aromatic N) is 1. The van der Waals surface area contributed by atoms with Crippen LogP contribution in [-0.2, 0) is 13.0 Å². The van der Waals surface area contributed by atoms with Crippen LogP contribution < -0.4 is 0 Å². The molecular weight excluding hydrogens is 190 g/mol. The van der Waals surface area contributed by atoms with Gasteiger partial charge in [-0.1, -0.05) is 0 Å². The molecule has 0 radical (unpaired) electrons. The predicted octanol–water partition coefficient (Wildman–Crippen LogP) is 1.86. The number of hydrogen-bond acceptors (Lipinski definition) is 3. The monoisotopic (exact) mass is 207 g/mol. The summed E-state index contributed by atoms with van der Waals surface area (Å²) in [6.45, 7) is 6.23. The number of aromatic hydroxyl groups is 2. The number of phenols is 2. The van der Waals surface area contributed by atoms with Gasteiger partial charge in [0.05, 0.1) is 0 Å². The summed E-state index contributed by atoms with van der Waals surface area (Å²) in [5, 5.41) is 18.8. The molecule has 3 nitrogen and oxygen atoms in total. The van der Waals surface area contributed by atoms with Gasteiger partial charge in [-0.3, -0.25) is 4.90 Å². The minimum atomic E-state index is -0.0145. The van der Waals surface area contributed by atoms with E-state index in [4.69, 9.17) is 0 Å². The van der Waals surface area contributed by atoms with Crippen molar-refractivity contribution in [2.75, 3.05) is 6.54 Å². The van der Waals surface area contributed by atoms with E-state index in [1.807, 2.05) is 0 Å². The molecule has 1 aliphatic heterocycles. The zero-order valence-electron chi connectivity index (χ0n) is 9.20. The Morgan fingerprint density at radius 3 is 2.33 bits per heavy atom. The maximum absolute atomic E-state index is 9.43. The molecule has 0 unspecified atom stereocenters. The van der Waals surface area contributed by atoms with Crippen LogP contribution >= 0.6 is 0 Å². The first-order chi connectivity index (χ1) is 7.08. The third kappa shape index (κ3) is 1.92. The second-order valence-electron chi connectivity index (χ2n) is 4.42. The van der Waals surface area contributed by atoms with Gasteiger partial charge in [0.25, 0.3) is 0 Å². The molecule has 0 atom stereocenters. The van der Waals surface area contributed by atoms with E-state index >= 15 is 0 Å². The molecule has 1 aromatic carbocycles. The van der Waals surface area contributed by atoms with Crippen LogP contribution in [0, 0.1) is 0 Å². The van der Waals surface area contributed by atoms with Gasteiger partial charge in [-0.15, -0.1) is 0 Å². The maximum atomic E-state index is 9.43. The fourth-order valence-corrected chi connectivity index (χ4v) is 2.05. The molecule has 1 aromatic rings. The molecule has 0 aromatic heterocycles. The molecular formula is C12H17NO2. The van der Waals surface area contributed by atoms with Crippen molar-refractivity contribution in [1.29, 1.82) is 0 Å². The Hall–Kier alpha value is -1.22. The Morgan fingerprint density at radius 1 is 1.13 bits per heavy atom. The molecule has 0 fully saturated rings. The molecule has 1 aliphatic rings. The zero-order chi connectivity index (χ0) is 11.0. The number of phenolic OH excluding ortho intramolecular Hbond substituents is 2. The highest BCUT2D eigenvalue weighted by Gasteiger charge is 2.19. The minimum absolute atomic E-state index is 0.00764. The SMILES string of the molecule is CC(C)N1CCc2cc(O)c(O)cc2C1. The van der Waals surface area contributed by atoms with Crippen molar-refractivity contribution < 1.29 is 10.2 Å². The highest BCUT2D eigenvalue weighted by atomic mass is 16.3. The number of hydrogen-bond donors (Lipinski definition) is 2. The molecule has 82 valence electrons. The quantitative estimate of drug-likeness (QED) is 0.691. The third-order valence-corrected chi connectivity index (χ3v) is 3.07. The fraction of sp³-hybridized carbons (Fsp3) is 0.500. The van der Waals surface area contributed by atoms with Gasteiger partial charge in [-0.2, -0.15) is 0 Å². The first-order valence-corrected chi connectivity index (χ1v) is 5.35. The standard InChI is InChI=1S/C12H17NO2/c1-8(2)13-4-3-9-5-11(14)12(15)6-10(9)7-13/h5-6,8,14-15H,3-4,7H2,1-2H3. The van der Waals surface area contributed by atoms with Crippen LogP contribution in [0.25, 0.3) is 0 Å². The van der Waals surface area contributed by atoms with Gasteiger partial charge >= 0.3 is 0 Å². The summed E-state index contributed by atoms with van der Waals surface area (Å²) in [5.41, 5.74) is 2.28. The molecule has 0 saturated heterocycles. The van der Waals surface area contributed by atoms with Gasteiger partial charge in [-0.25, -0.2) is 0 Å². The Kier molecular flexibility index (Phi) is 2.57. The molecule has 2 rings (SSSR count). The highest BCUT2D eigenvalue weighted by molar-refractivity contribution is 5.46. The van der Waals surface area contributed by atoms with E-state index < -0.39 is 0 Å². The molecule has 2 N–H and O–H groups in total. The van der Waals surface area contributed by atoms with Crippen molar-refractivity contribution in [2.45, 2.75) is 32.9 Å². The summed E-state index contributed by atoms with van der Waals surface area (Å²) >= 11 is 0. The Labute approximate surface area is 90.0 Å². The van der Waals surface area contributed by atoms with E-state index in [9.17, 15) is 10.2 Å². The molecule has 0 saturated carbocycles. The van der Waals surface area contributed by atoms with Gasteiger partial charge in [0.15, 0.2) is 11.5 Å².